The highest BCUT2D eigenvalue weighted by atomic mass is 16.4. The molecule has 2 aromatic heterocycles. The van der Waals surface area contributed by atoms with Crippen molar-refractivity contribution in [1.29, 1.82) is 0 Å². The summed E-state index contributed by atoms with van der Waals surface area (Å²) < 4.78 is 0. The van der Waals surface area contributed by atoms with Gasteiger partial charge >= 0.3 is 5.97 Å². The van der Waals surface area contributed by atoms with Crippen LogP contribution in [-0.2, 0) is 36.8 Å². The van der Waals surface area contributed by atoms with E-state index in [0.29, 0.717) is 11.4 Å². The Morgan fingerprint density at radius 3 is 1.92 bits per heavy atom. The predicted molar refractivity (Wildman–Crippen MR) is 125 cm³/mol. The molecule has 2 rings (SSSR count). The minimum atomic E-state index is -1.56. The van der Waals surface area contributed by atoms with Crippen molar-refractivity contribution < 1.29 is 29.1 Å². The average molecular weight is 506 g/mol. The lowest BCUT2D eigenvalue weighted by Gasteiger charge is -2.26. The van der Waals surface area contributed by atoms with E-state index >= 15 is 0 Å². The first-order chi connectivity index (χ1) is 17.0. The van der Waals surface area contributed by atoms with Gasteiger partial charge in [0.1, 0.15) is 18.1 Å². The molecule has 2 aromatic rings. The summed E-state index contributed by atoms with van der Waals surface area (Å²) in [6.45, 7) is 3.27. The summed E-state index contributed by atoms with van der Waals surface area (Å²) in [7, 11) is 0. The number of nitrogens with one attached hydrogen (secondary N) is 5. The Labute approximate surface area is 206 Å². The average Bonchev–Trinajstić information content (AvgIpc) is 3.49. The molecule has 0 aliphatic carbocycles. The number of hydrogen-bond donors (Lipinski definition) is 8. The van der Waals surface area contributed by atoms with Crippen LogP contribution in [0.5, 0.6) is 0 Å². The molecule has 4 amide bonds. The SMILES string of the molecule is CC(C)C(NC(=O)C(Cc1cnc[nH]1)NC(=O)C(N)Cc1cnc[nH]1)C(=O)NC(CC(N)=O)C(=O)O. The number of amides is 4. The molecule has 4 unspecified atom stereocenters. The third kappa shape index (κ3) is 8.50. The topological polar surface area (TPSA) is 251 Å². The van der Waals surface area contributed by atoms with Crippen LogP contribution in [0.2, 0.25) is 0 Å². The molecule has 0 saturated carbocycles. The van der Waals surface area contributed by atoms with Crippen LogP contribution in [0.4, 0.5) is 0 Å². The Kier molecular flexibility index (Phi) is 10.1. The number of aromatic nitrogens is 4. The molecular formula is C21H31N9O6. The highest BCUT2D eigenvalue weighted by Gasteiger charge is 2.32. The second-order valence-electron chi connectivity index (χ2n) is 8.53. The zero-order valence-electron chi connectivity index (χ0n) is 19.9. The molecule has 0 bridgehead atoms. The van der Waals surface area contributed by atoms with Crippen molar-refractivity contribution >= 4 is 29.6 Å². The summed E-state index contributed by atoms with van der Waals surface area (Å²) in [5, 5.41) is 16.6. The van der Waals surface area contributed by atoms with E-state index in [4.69, 9.17) is 11.5 Å². The lowest BCUT2D eigenvalue weighted by molar-refractivity contribution is -0.144. The van der Waals surface area contributed by atoms with Crippen molar-refractivity contribution in [2.75, 3.05) is 0 Å². The van der Waals surface area contributed by atoms with E-state index in [0.717, 1.165) is 0 Å². The zero-order valence-corrected chi connectivity index (χ0v) is 19.9. The number of nitrogens with zero attached hydrogens (tertiary/aromatic N) is 2. The number of carboxylic acid groups (broad SMARTS) is 1. The van der Waals surface area contributed by atoms with Crippen LogP contribution >= 0.6 is 0 Å². The lowest BCUT2D eigenvalue weighted by atomic mass is 10.0. The van der Waals surface area contributed by atoms with Crippen molar-refractivity contribution in [2.24, 2.45) is 17.4 Å². The van der Waals surface area contributed by atoms with Crippen LogP contribution in [0.15, 0.2) is 25.0 Å². The van der Waals surface area contributed by atoms with Crippen LogP contribution in [0.25, 0.3) is 0 Å². The van der Waals surface area contributed by atoms with Crippen LogP contribution in [0, 0.1) is 5.92 Å². The van der Waals surface area contributed by atoms with Gasteiger partial charge in [-0.2, -0.15) is 0 Å². The molecule has 0 aliphatic rings. The first-order valence-corrected chi connectivity index (χ1v) is 11.1. The Morgan fingerprint density at radius 2 is 1.44 bits per heavy atom. The van der Waals surface area contributed by atoms with Gasteiger partial charge in [-0.05, 0) is 5.92 Å². The molecular weight excluding hydrogens is 474 g/mol. The highest BCUT2D eigenvalue weighted by molar-refractivity contribution is 5.95. The first-order valence-electron chi connectivity index (χ1n) is 11.1. The summed E-state index contributed by atoms with van der Waals surface area (Å²) in [6, 6.07) is -4.86. The number of nitrogens with two attached hydrogens (primary N) is 2. The third-order valence-corrected chi connectivity index (χ3v) is 5.21. The lowest BCUT2D eigenvalue weighted by Crippen LogP contribution is -2.59. The van der Waals surface area contributed by atoms with Gasteiger partial charge in [0.25, 0.3) is 0 Å². The minimum Gasteiger partial charge on any atom is -0.480 e. The van der Waals surface area contributed by atoms with E-state index in [2.05, 4.69) is 35.9 Å². The Hall–Kier alpha value is -4.27. The van der Waals surface area contributed by atoms with Gasteiger partial charge in [0, 0.05) is 36.6 Å². The summed E-state index contributed by atoms with van der Waals surface area (Å²) in [5.74, 6) is -4.98. The van der Waals surface area contributed by atoms with Crippen molar-refractivity contribution in [3.63, 3.8) is 0 Å². The maximum atomic E-state index is 13.2. The molecule has 0 radical (unpaired) electrons. The number of rotatable bonds is 14. The smallest absolute Gasteiger partial charge is 0.326 e. The molecule has 15 heteroatoms. The molecule has 0 spiro atoms. The Morgan fingerprint density at radius 1 is 0.889 bits per heavy atom. The molecule has 36 heavy (non-hydrogen) atoms. The van der Waals surface area contributed by atoms with Gasteiger partial charge in [0.2, 0.25) is 23.6 Å². The van der Waals surface area contributed by atoms with Gasteiger partial charge in [-0.25, -0.2) is 14.8 Å². The minimum absolute atomic E-state index is 0.0141. The fraction of sp³-hybridized carbons (Fsp3) is 0.476. The number of aromatic amines is 2. The van der Waals surface area contributed by atoms with E-state index in [-0.39, 0.29) is 12.8 Å². The fourth-order valence-electron chi connectivity index (χ4n) is 3.28. The molecule has 4 atom stereocenters. The van der Waals surface area contributed by atoms with Crippen molar-refractivity contribution in [3.05, 3.63) is 36.4 Å². The highest BCUT2D eigenvalue weighted by Crippen LogP contribution is 2.07. The van der Waals surface area contributed by atoms with Gasteiger partial charge in [0.15, 0.2) is 0 Å². The van der Waals surface area contributed by atoms with Gasteiger partial charge in [0.05, 0.1) is 25.1 Å². The van der Waals surface area contributed by atoms with E-state index in [9.17, 15) is 29.1 Å². The number of carbonyl (C=O) groups is 5. The van der Waals surface area contributed by atoms with Gasteiger partial charge in [-0.3, -0.25) is 19.2 Å². The molecule has 0 aliphatic heterocycles. The molecule has 0 saturated heterocycles. The fourth-order valence-corrected chi connectivity index (χ4v) is 3.28. The molecule has 196 valence electrons. The van der Waals surface area contributed by atoms with Crippen LogP contribution < -0.4 is 27.4 Å². The van der Waals surface area contributed by atoms with Crippen LogP contribution in [0.3, 0.4) is 0 Å². The number of aliphatic carboxylic acids is 1. The standard InChI is InChI=1S/C21H31N9O6/c1-10(2)17(20(34)29-15(21(35)36)5-16(23)31)30-19(33)14(4-12-7-25-9-27-12)28-18(32)13(22)3-11-6-24-8-26-11/h6-10,13-15,17H,3-5,22H2,1-2H3,(H2,23,31)(H,24,26)(H,25,27)(H,28,32)(H,29,34)(H,30,33)(H,35,36). The van der Waals surface area contributed by atoms with E-state index in [1.54, 1.807) is 13.8 Å². The number of H-pyrrole nitrogens is 2. The zero-order chi connectivity index (χ0) is 26.8. The Bertz CT molecular complexity index is 1040. The maximum Gasteiger partial charge on any atom is 0.326 e. The van der Waals surface area contributed by atoms with Crippen LogP contribution in [-0.4, -0.2) is 78.8 Å². The summed E-state index contributed by atoms with van der Waals surface area (Å²) in [5.41, 5.74) is 12.2. The van der Waals surface area contributed by atoms with Crippen molar-refractivity contribution in [2.45, 2.75) is 57.3 Å². The first kappa shape index (κ1) is 28.0. The number of carbonyl (C=O) groups excluding carboxylic acids is 4. The summed E-state index contributed by atoms with van der Waals surface area (Å²) in [4.78, 5) is 74.7. The number of hydrogen-bond acceptors (Lipinski definition) is 8. The molecule has 15 nitrogen and oxygen atoms in total. The monoisotopic (exact) mass is 505 g/mol. The van der Waals surface area contributed by atoms with Crippen molar-refractivity contribution in [3.8, 4) is 0 Å². The number of primary amides is 1. The van der Waals surface area contributed by atoms with Crippen LogP contribution in [0.1, 0.15) is 31.7 Å². The molecule has 10 N–H and O–H groups in total. The van der Waals surface area contributed by atoms with E-state index in [1.807, 2.05) is 0 Å². The second-order valence-corrected chi connectivity index (χ2v) is 8.53. The van der Waals surface area contributed by atoms with E-state index < -0.39 is 66.1 Å². The predicted octanol–water partition coefficient (Wildman–Crippen LogP) is -2.68. The Balaban J connectivity index is 2.14. The van der Waals surface area contributed by atoms with E-state index in [1.165, 1.54) is 25.0 Å². The van der Waals surface area contributed by atoms with Gasteiger partial charge in [-0.1, -0.05) is 13.8 Å². The summed E-state index contributed by atoms with van der Waals surface area (Å²) >= 11 is 0. The van der Waals surface area contributed by atoms with Crippen molar-refractivity contribution in [1.82, 2.24) is 35.9 Å². The second kappa shape index (κ2) is 13.0. The molecule has 0 fully saturated rings. The number of imidazole rings is 2. The summed E-state index contributed by atoms with van der Waals surface area (Å²) in [6.07, 6.45) is 5.40. The third-order valence-electron chi connectivity index (χ3n) is 5.21. The molecule has 0 aromatic carbocycles. The maximum absolute atomic E-state index is 13.2. The quantitative estimate of drug-likeness (QED) is 0.133. The largest absolute Gasteiger partial charge is 0.480 e. The number of carboxylic acids is 1. The molecule has 2 heterocycles. The van der Waals surface area contributed by atoms with Gasteiger partial charge in [-0.15, -0.1) is 0 Å². The normalized spacial score (nSPS) is 14.3. The van der Waals surface area contributed by atoms with Gasteiger partial charge < -0.3 is 42.5 Å².